The summed E-state index contributed by atoms with van der Waals surface area (Å²) in [6, 6.07) is 189. The Labute approximate surface area is 727 Å². The summed E-state index contributed by atoms with van der Waals surface area (Å²) in [5, 5.41) is 0. The molecule has 0 radical (unpaired) electrons. The highest BCUT2D eigenvalue weighted by atomic mass is 15.2. The van der Waals surface area contributed by atoms with E-state index in [4.69, 9.17) is 0 Å². The van der Waals surface area contributed by atoms with Gasteiger partial charge in [0, 0.05) is 68.2 Å². The van der Waals surface area contributed by atoms with Gasteiger partial charge >= 0.3 is 0 Å². The first-order valence-corrected chi connectivity index (χ1v) is 42.4. The van der Waals surface area contributed by atoms with E-state index in [0.717, 1.165) is 124 Å². The van der Waals surface area contributed by atoms with Gasteiger partial charge in [0.05, 0.1) is 0 Å². The van der Waals surface area contributed by atoms with Gasteiger partial charge in [-0.1, -0.05) is 364 Å². The lowest BCUT2D eigenvalue weighted by Gasteiger charge is -2.27. The molecule has 0 fully saturated rings. The predicted molar refractivity (Wildman–Crippen MR) is 525 cm³/mol. The minimum absolute atomic E-state index is 1.06. The largest absolute Gasteiger partial charge is 0.311 e. The number of hydrogen-bond acceptors (Lipinski definition) is 4. The molecule has 0 heterocycles. The highest BCUT2D eigenvalue weighted by molar-refractivity contribution is 5.89. The Hall–Kier alpha value is -16.4. The fourth-order valence-corrected chi connectivity index (χ4v) is 17.0. The number of rotatable bonds is 23. The van der Waals surface area contributed by atoms with Crippen molar-refractivity contribution in [2.24, 2.45) is 0 Å². The summed E-state index contributed by atoms with van der Waals surface area (Å²) in [6.45, 7) is 0. The zero-order valence-corrected chi connectivity index (χ0v) is 68.4. The number of hydrogen-bond donors (Lipinski definition) is 0. The molecular formula is C120H86N4. The predicted octanol–water partition coefficient (Wildman–Crippen LogP) is 33.9. The van der Waals surface area contributed by atoms with Gasteiger partial charge in [0.15, 0.2) is 0 Å². The first kappa shape index (κ1) is 76.3. The van der Waals surface area contributed by atoms with Crippen LogP contribution in [0.3, 0.4) is 0 Å². The van der Waals surface area contributed by atoms with Gasteiger partial charge in [0.25, 0.3) is 0 Å². The Morgan fingerprint density at radius 2 is 0.169 bits per heavy atom. The molecule has 0 atom stereocenters. The van der Waals surface area contributed by atoms with E-state index in [1.54, 1.807) is 0 Å². The van der Waals surface area contributed by atoms with Gasteiger partial charge in [-0.05, 0) is 280 Å². The highest BCUT2D eigenvalue weighted by Crippen LogP contribution is 2.45. The average Bonchev–Trinajstić information content (AvgIpc) is 0.794. The molecule has 0 aliphatic carbocycles. The average molecular weight is 1580 g/mol. The van der Waals surface area contributed by atoms with Gasteiger partial charge in [-0.3, -0.25) is 0 Å². The molecule has 0 spiro atoms. The van der Waals surface area contributed by atoms with Crippen LogP contribution in [0.15, 0.2) is 522 Å². The molecule has 0 saturated carbocycles. The summed E-state index contributed by atoms with van der Waals surface area (Å²) in [7, 11) is 0. The highest BCUT2D eigenvalue weighted by Gasteiger charge is 2.21. The van der Waals surface area contributed by atoms with Crippen molar-refractivity contribution in [1.82, 2.24) is 0 Å². The molecule has 0 unspecified atom stereocenters. The molecule has 0 amide bonds. The molecule has 4 heteroatoms. The zero-order valence-electron chi connectivity index (χ0n) is 68.4. The van der Waals surface area contributed by atoms with Crippen LogP contribution in [0.2, 0.25) is 0 Å². The third-order valence-corrected chi connectivity index (χ3v) is 23.5. The van der Waals surface area contributed by atoms with Crippen molar-refractivity contribution in [3.8, 4) is 122 Å². The standard InChI is InChI=1S/C120H86N4/c1-7-21-87(22-8-1)92-37-39-93(40-38-92)98-49-71-110(72-50-98)121(109-35-17-6-18-36-109)111-73-51-99(52-74-111)100-55-77-117(78-56-100)123(114-67-45-96(46-68-114)90-27-13-4-14-28-90)119-81-59-103(60-82-119)105-31-19-33-107(85-105)108-34-20-32-106(86-108)104-61-83-120(84-62-104)124(115-69-47-97(48-70-115)91-29-15-5-16-30-91)118-79-57-102(58-80-118)101-53-75-116(76-54-101)122(112-63-41-94(42-64-112)88-23-9-2-10-24-88)113-65-43-95(44-66-113)89-25-11-3-12-26-89/h1-86H. The molecule has 0 aliphatic rings. The molecule has 0 aliphatic heterocycles. The molecule has 0 bridgehead atoms. The van der Waals surface area contributed by atoms with Crippen LogP contribution in [0, 0.1) is 0 Å². The first-order valence-electron chi connectivity index (χ1n) is 42.4. The van der Waals surface area contributed by atoms with Crippen LogP contribution in [0.5, 0.6) is 0 Å². The van der Waals surface area contributed by atoms with Crippen LogP contribution in [0.4, 0.5) is 68.2 Å². The minimum Gasteiger partial charge on any atom is -0.311 e. The van der Waals surface area contributed by atoms with E-state index >= 15 is 0 Å². The summed E-state index contributed by atoms with van der Waals surface area (Å²) in [6.07, 6.45) is 0. The van der Waals surface area contributed by atoms with Gasteiger partial charge in [0.1, 0.15) is 0 Å². The van der Waals surface area contributed by atoms with Crippen LogP contribution in [0.25, 0.3) is 122 Å². The van der Waals surface area contributed by atoms with Crippen molar-refractivity contribution < 1.29 is 0 Å². The number of benzene rings is 20. The van der Waals surface area contributed by atoms with Gasteiger partial charge < -0.3 is 19.6 Å². The van der Waals surface area contributed by atoms with Crippen molar-refractivity contribution >= 4 is 68.2 Å². The lowest BCUT2D eigenvalue weighted by molar-refractivity contribution is 1.28. The Morgan fingerprint density at radius 3 is 0.323 bits per heavy atom. The monoisotopic (exact) mass is 1580 g/mol. The van der Waals surface area contributed by atoms with Gasteiger partial charge in [0.2, 0.25) is 0 Å². The number of nitrogens with zero attached hydrogens (tertiary/aromatic N) is 4. The molecule has 20 rings (SSSR count). The molecule has 586 valence electrons. The lowest BCUT2D eigenvalue weighted by Crippen LogP contribution is -2.10. The maximum absolute atomic E-state index is 2.36. The molecule has 20 aromatic rings. The second-order valence-corrected chi connectivity index (χ2v) is 31.3. The van der Waals surface area contributed by atoms with Crippen molar-refractivity contribution in [3.63, 3.8) is 0 Å². The first-order chi connectivity index (χ1) is 61.4. The number of para-hydroxylation sites is 1. The fraction of sp³-hybridized carbons (Fsp3) is 0. The Balaban J connectivity index is 0.548. The van der Waals surface area contributed by atoms with Crippen molar-refractivity contribution in [2.45, 2.75) is 0 Å². The van der Waals surface area contributed by atoms with Crippen molar-refractivity contribution in [3.05, 3.63) is 522 Å². The summed E-state index contributed by atoms with van der Waals surface area (Å²) >= 11 is 0. The molecule has 0 N–H and O–H groups in total. The van der Waals surface area contributed by atoms with E-state index < -0.39 is 0 Å². The van der Waals surface area contributed by atoms with E-state index in [1.165, 1.54) is 66.8 Å². The number of anilines is 12. The van der Waals surface area contributed by atoms with E-state index in [1.807, 2.05) is 0 Å². The normalized spacial score (nSPS) is 11.1. The molecule has 0 aromatic heterocycles. The van der Waals surface area contributed by atoms with Gasteiger partial charge in [-0.25, -0.2) is 0 Å². The van der Waals surface area contributed by atoms with E-state index in [2.05, 4.69) is 541 Å². The molecule has 20 aromatic carbocycles. The lowest BCUT2D eigenvalue weighted by atomic mass is 9.96. The van der Waals surface area contributed by atoms with Crippen molar-refractivity contribution in [1.29, 1.82) is 0 Å². The van der Waals surface area contributed by atoms with E-state index in [-0.39, 0.29) is 0 Å². The molecule has 0 saturated heterocycles. The van der Waals surface area contributed by atoms with Crippen LogP contribution in [0.1, 0.15) is 0 Å². The van der Waals surface area contributed by atoms with Crippen LogP contribution < -0.4 is 19.6 Å². The van der Waals surface area contributed by atoms with Crippen LogP contribution in [-0.4, -0.2) is 0 Å². The third kappa shape index (κ3) is 16.6. The Kier molecular flexibility index (Phi) is 21.7. The summed E-state index contributed by atoms with van der Waals surface area (Å²) in [5.74, 6) is 0. The Morgan fingerprint density at radius 1 is 0.0726 bits per heavy atom. The summed E-state index contributed by atoms with van der Waals surface area (Å²) in [4.78, 5) is 9.38. The van der Waals surface area contributed by atoms with Crippen LogP contribution >= 0.6 is 0 Å². The van der Waals surface area contributed by atoms with Gasteiger partial charge in [-0.2, -0.15) is 0 Å². The summed E-state index contributed by atoms with van der Waals surface area (Å²) in [5.41, 5.74) is 38.5. The third-order valence-electron chi connectivity index (χ3n) is 23.5. The SMILES string of the molecule is c1ccc(-c2ccc(-c3ccc(N(c4ccccc4)c4ccc(-c5ccc(N(c6ccc(-c7ccccc7)cc6)c6ccc(-c7cccc(-c8cccc(-c9ccc(N(c%10ccc(-c%11ccccc%11)cc%10)c%10ccc(-c%11ccc(N(c%12ccc(-c%13ccccc%13)cc%12)c%12ccc(-c%13ccccc%13)cc%12)cc%11)cc%10)cc9)c8)c7)cc6)cc5)cc4)cc3)cc2)cc1. The molecule has 4 nitrogen and oxygen atoms in total. The smallest absolute Gasteiger partial charge is 0.0462 e. The summed E-state index contributed by atoms with van der Waals surface area (Å²) < 4.78 is 0. The molecule has 124 heavy (non-hydrogen) atoms. The maximum Gasteiger partial charge on any atom is 0.0462 e. The Bertz CT molecular complexity index is 6840. The fourth-order valence-electron chi connectivity index (χ4n) is 17.0. The molecular weight excluding hydrogens is 1500 g/mol. The zero-order chi connectivity index (χ0) is 82.8. The maximum atomic E-state index is 2.36. The quantitative estimate of drug-likeness (QED) is 0.0633. The topological polar surface area (TPSA) is 13.0 Å². The van der Waals surface area contributed by atoms with E-state index in [9.17, 15) is 0 Å². The van der Waals surface area contributed by atoms with Crippen molar-refractivity contribution in [2.75, 3.05) is 19.6 Å². The second kappa shape index (κ2) is 35.3. The van der Waals surface area contributed by atoms with Gasteiger partial charge in [-0.15, -0.1) is 0 Å². The minimum atomic E-state index is 1.06. The van der Waals surface area contributed by atoms with E-state index in [0.29, 0.717) is 0 Å². The second-order valence-electron chi connectivity index (χ2n) is 31.3. The van der Waals surface area contributed by atoms with Crippen LogP contribution in [-0.2, 0) is 0 Å².